The van der Waals surface area contributed by atoms with Gasteiger partial charge in [0, 0.05) is 31.1 Å². The smallest absolute Gasteiger partial charge is 0.328 e. The molecule has 0 aliphatic carbocycles. The molecule has 0 amide bonds. The second-order valence-corrected chi connectivity index (χ2v) is 8.13. The van der Waals surface area contributed by atoms with Gasteiger partial charge in [0.05, 0.1) is 11.3 Å². The fourth-order valence-corrected chi connectivity index (χ4v) is 4.13. The number of carbonyl (C=O) groups is 2. The third-order valence-corrected chi connectivity index (χ3v) is 5.71. The third kappa shape index (κ3) is 6.54. The standard InChI is InChI=1S/C17H15F2N3O2S.C4H4O4/c1-20-10-12-9-15(13-5-4-8-21-17(13)19)22(11-12)25(23,24)16-7-3-2-6-14(16)18;5-3(6)1-2-4(7)8/h2-9,11,20H,10H2,1H3;1-2H,(H,5,6)(H,7,8). The Bertz CT molecular complexity index is 1270. The molecule has 0 radical (unpaired) electrons. The lowest BCUT2D eigenvalue weighted by Gasteiger charge is -2.11. The molecule has 0 saturated carbocycles. The minimum Gasteiger partial charge on any atom is -0.478 e. The molecule has 0 saturated heterocycles. The van der Waals surface area contributed by atoms with Crippen molar-refractivity contribution in [3.8, 4) is 11.3 Å². The number of pyridine rings is 1. The van der Waals surface area contributed by atoms with E-state index in [2.05, 4.69) is 10.3 Å². The first-order chi connectivity index (χ1) is 15.6. The summed E-state index contributed by atoms with van der Waals surface area (Å²) in [5.41, 5.74) is 0.713. The van der Waals surface area contributed by atoms with Crippen LogP contribution in [0.5, 0.6) is 0 Å². The number of rotatable bonds is 7. The molecule has 2 aromatic heterocycles. The molecule has 2 heterocycles. The molecule has 0 aliphatic heterocycles. The van der Waals surface area contributed by atoms with Gasteiger partial charge in [-0.05, 0) is 42.9 Å². The number of halogens is 2. The van der Waals surface area contributed by atoms with Crippen molar-refractivity contribution in [3.63, 3.8) is 0 Å². The fraction of sp³-hybridized carbons (Fsp3) is 0.0952. The summed E-state index contributed by atoms with van der Waals surface area (Å²) in [5.74, 6) is -4.19. The van der Waals surface area contributed by atoms with E-state index in [1.165, 1.54) is 48.8 Å². The largest absolute Gasteiger partial charge is 0.478 e. The first-order valence-corrected chi connectivity index (χ1v) is 10.6. The van der Waals surface area contributed by atoms with Gasteiger partial charge < -0.3 is 15.5 Å². The number of hydrogen-bond donors (Lipinski definition) is 3. The topological polar surface area (TPSA) is 139 Å². The van der Waals surface area contributed by atoms with Crippen LogP contribution in [-0.2, 0) is 26.2 Å². The summed E-state index contributed by atoms with van der Waals surface area (Å²) in [4.78, 5) is 22.2. The predicted molar refractivity (Wildman–Crippen MR) is 114 cm³/mol. The minimum atomic E-state index is -4.24. The van der Waals surface area contributed by atoms with Crippen LogP contribution in [0.15, 0.2) is 71.9 Å². The maximum atomic E-state index is 14.1. The molecule has 9 nitrogen and oxygen atoms in total. The van der Waals surface area contributed by atoms with Crippen LogP contribution in [-0.4, -0.2) is 46.6 Å². The number of hydrogen-bond acceptors (Lipinski definition) is 6. The molecule has 0 spiro atoms. The lowest BCUT2D eigenvalue weighted by molar-refractivity contribution is -0.134. The Morgan fingerprint density at radius 3 is 2.27 bits per heavy atom. The second-order valence-electron chi connectivity index (χ2n) is 6.35. The van der Waals surface area contributed by atoms with Crippen molar-refractivity contribution in [3.05, 3.63) is 84.3 Å². The summed E-state index contributed by atoms with van der Waals surface area (Å²) in [6.45, 7) is 0.370. The van der Waals surface area contributed by atoms with E-state index in [4.69, 9.17) is 10.2 Å². The Kier molecular flexibility index (Phi) is 8.54. The molecule has 0 atom stereocenters. The van der Waals surface area contributed by atoms with Crippen LogP contribution in [0.2, 0.25) is 0 Å². The van der Waals surface area contributed by atoms with Crippen LogP contribution >= 0.6 is 0 Å². The van der Waals surface area contributed by atoms with E-state index in [-0.39, 0.29) is 11.3 Å². The van der Waals surface area contributed by atoms with Crippen LogP contribution in [0, 0.1) is 11.8 Å². The molecule has 0 fully saturated rings. The molecule has 0 unspecified atom stereocenters. The van der Waals surface area contributed by atoms with Gasteiger partial charge in [-0.2, -0.15) is 4.39 Å². The van der Waals surface area contributed by atoms with E-state index in [9.17, 15) is 26.8 Å². The van der Waals surface area contributed by atoms with E-state index < -0.39 is 38.6 Å². The number of benzene rings is 1. The first-order valence-electron chi connectivity index (χ1n) is 9.18. The average Bonchev–Trinajstić information content (AvgIpc) is 3.18. The van der Waals surface area contributed by atoms with Gasteiger partial charge in [0.1, 0.15) is 10.7 Å². The van der Waals surface area contributed by atoms with Gasteiger partial charge in [-0.25, -0.2) is 31.4 Å². The molecular formula is C21H19F2N3O6S. The van der Waals surface area contributed by atoms with E-state index in [1.807, 2.05) is 0 Å². The quantitative estimate of drug-likeness (QED) is 0.347. The summed E-state index contributed by atoms with van der Waals surface area (Å²) >= 11 is 0. The van der Waals surface area contributed by atoms with Gasteiger partial charge in [-0.1, -0.05) is 12.1 Å². The molecule has 3 N–H and O–H groups in total. The number of nitrogens with zero attached hydrogens (tertiary/aromatic N) is 2. The highest BCUT2D eigenvalue weighted by Gasteiger charge is 2.25. The Morgan fingerprint density at radius 2 is 1.73 bits per heavy atom. The molecule has 174 valence electrons. The number of nitrogens with one attached hydrogen (secondary N) is 1. The summed E-state index contributed by atoms with van der Waals surface area (Å²) < 4.78 is 54.9. The number of carboxylic acid groups (broad SMARTS) is 2. The number of aliphatic carboxylic acids is 2. The lowest BCUT2D eigenvalue weighted by Crippen LogP contribution is -2.15. The summed E-state index contributed by atoms with van der Waals surface area (Å²) in [5, 5.41) is 18.5. The van der Waals surface area contributed by atoms with Crippen molar-refractivity contribution in [1.29, 1.82) is 0 Å². The van der Waals surface area contributed by atoms with Crippen molar-refractivity contribution in [2.45, 2.75) is 11.4 Å². The van der Waals surface area contributed by atoms with Gasteiger partial charge in [0.15, 0.2) is 0 Å². The average molecular weight is 479 g/mol. The highest BCUT2D eigenvalue weighted by molar-refractivity contribution is 7.90. The minimum absolute atomic E-state index is 0.0183. The number of aromatic nitrogens is 2. The van der Waals surface area contributed by atoms with Crippen LogP contribution in [0.3, 0.4) is 0 Å². The highest BCUT2D eigenvalue weighted by atomic mass is 32.2. The van der Waals surface area contributed by atoms with Gasteiger partial charge >= 0.3 is 11.9 Å². The molecule has 0 aliphatic rings. The second kappa shape index (κ2) is 11.1. The molecular weight excluding hydrogens is 460 g/mol. The molecule has 12 heteroatoms. The van der Waals surface area contributed by atoms with Crippen molar-refractivity contribution in [2.24, 2.45) is 0 Å². The van der Waals surface area contributed by atoms with E-state index in [1.54, 1.807) is 7.05 Å². The van der Waals surface area contributed by atoms with E-state index in [0.717, 1.165) is 10.0 Å². The zero-order valence-electron chi connectivity index (χ0n) is 17.1. The predicted octanol–water partition coefficient (Wildman–Crippen LogP) is 2.50. The maximum absolute atomic E-state index is 14.1. The zero-order valence-corrected chi connectivity index (χ0v) is 18.0. The van der Waals surface area contributed by atoms with Gasteiger partial charge in [0.2, 0.25) is 5.95 Å². The van der Waals surface area contributed by atoms with Gasteiger partial charge in [-0.3, -0.25) is 0 Å². The van der Waals surface area contributed by atoms with Crippen LogP contribution in [0.25, 0.3) is 11.3 Å². The Hall–Kier alpha value is -3.90. The first kappa shape index (κ1) is 25.4. The van der Waals surface area contributed by atoms with Crippen LogP contribution in [0.4, 0.5) is 8.78 Å². The van der Waals surface area contributed by atoms with Crippen molar-refractivity contribution in [1.82, 2.24) is 14.3 Å². The fourth-order valence-electron chi connectivity index (χ4n) is 2.67. The summed E-state index contributed by atoms with van der Waals surface area (Å²) in [6, 6.07) is 9.53. The van der Waals surface area contributed by atoms with Crippen molar-refractivity contribution >= 4 is 22.0 Å². The van der Waals surface area contributed by atoms with Gasteiger partial charge in [0.25, 0.3) is 10.0 Å². The van der Waals surface area contributed by atoms with E-state index >= 15 is 0 Å². The molecule has 33 heavy (non-hydrogen) atoms. The molecule has 3 rings (SSSR count). The number of carboxylic acids is 2. The molecule has 3 aromatic rings. The molecule has 0 bridgehead atoms. The van der Waals surface area contributed by atoms with E-state index in [0.29, 0.717) is 24.3 Å². The van der Waals surface area contributed by atoms with Crippen molar-refractivity contribution in [2.75, 3.05) is 7.05 Å². The SMILES string of the molecule is CNCc1cc(-c2cccnc2F)n(S(=O)(=O)c2ccccc2F)c1.O=C(O)C=CC(=O)O. The van der Waals surface area contributed by atoms with Crippen molar-refractivity contribution < 1.29 is 37.0 Å². The van der Waals surface area contributed by atoms with Gasteiger partial charge in [-0.15, -0.1) is 0 Å². The lowest BCUT2D eigenvalue weighted by atomic mass is 10.2. The highest BCUT2D eigenvalue weighted by Crippen LogP contribution is 2.29. The summed E-state index contributed by atoms with van der Waals surface area (Å²) in [6.07, 6.45) is 3.73. The van der Waals surface area contributed by atoms with Crippen LogP contribution in [0.1, 0.15) is 5.56 Å². The Balaban J connectivity index is 0.000000414. The maximum Gasteiger partial charge on any atom is 0.328 e. The zero-order chi connectivity index (χ0) is 24.6. The summed E-state index contributed by atoms with van der Waals surface area (Å²) in [7, 11) is -2.54. The Morgan fingerprint density at radius 1 is 1.09 bits per heavy atom. The normalized spacial score (nSPS) is 11.1. The molecule has 1 aromatic carbocycles. The monoisotopic (exact) mass is 479 g/mol. The Labute approximate surface area is 187 Å². The third-order valence-electron chi connectivity index (χ3n) is 4.00. The van der Waals surface area contributed by atoms with Crippen LogP contribution < -0.4 is 5.32 Å².